The van der Waals surface area contributed by atoms with Gasteiger partial charge in [0.15, 0.2) is 11.5 Å². The van der Waals surface area contributed by atoms with Crippen molar-refractivity contribution >= 4 is 39.9 Å². The number of nitrogens with zero attached hydrogens (tertiary/aromatic N) is 3. The minimum atomic E-state index is -4.66. The highest BCUT2D eigenvalue weighted by molar-refractivity contribution is 6.31. The van der Waals surface area contributed by atoms with Gasteiger partial charge in [-0.1, -0.05) is 11.6 Å². The Labute approximate surface area is 273 Å². The smallest absolute Gasteiger partial charge is 0.417 e. The van der Waals surface area contributed by atoms with E-state index in [4.69, 9.17) is 35.3 Å². The second-order valence-electron chi connectivity index (χ2n) is 10.4. The van der Waals surface area contributed by atoms with Crippen LogP contribution in [0.25, 0.3) is 10.9 Å². The van der Waals surface area contributed by atoms with E-state index in [9.17, 15) is 18.0 Å². The van der Waals surface area contributed by atoms with Crippen molar-refractivity contribution in [1.29, 1.82) is 0 Å². The first-order valence-corrected chi connectivity index (χ1v) is 15.1. The summed E-state index contributed by atoms with van der Waals surface area (Å²) in [6.45, 7) is 5.40. The highest BCUT2D eigenvalue weighted by Crippen LogP contribution is 2.37. The number of benzene rings is 3. The summed E-state index contributed by atoms with van der Waals surface area (Å²) < 4.78 is 68.1. The van der Waals surface area contributed by atoms with Crippen LogP contribution < -0.4 is 24.8 Å². The van der Waals surface area contributed by atoms with Crippen molar-refractivity contribution in [2.24, 2.45) is 0 Å². The summed E-state index contributed by atoms with van der Waals surface area (Å²) in [5.41, 5.74) is -0.158. The van der Waals surface area contributed by atoms with Crippen LogP contribution >= 0.6 is 11.6 Å². The molecule has 2 amide bonds. The molecule has 15 heteroatoms. The number of morpholine rings is 1. The fourth-order valence-electron chi connectivity index (χ4n) is 4.71. The van der Waals surface area contributed by atoms with Gasteiger partial charge in [-0.15, -0.1) is 0 Å². The van der Waals surface area contributed by atoms with Gasteiger partial charge in [-0.05, 0) is 55.0 Å². The number of nitrogens with one attached hydrogen (secondary N) is 2. The van der Waals surface area contributed by atoms with Crippen LogP contribution in [0.4, 0.5) is 29.3 Å². The van der Waals surface area contributed by atoms with Gasteiger partial charge in [-0.25, -0.2) is 14.8 Å². The summed E-state index contributed by atoms with van der Waals surface area (Å²) in [4.78, 5) is 23.5. The fourth-order valence-corrected chi connectivity index (χ4v) is 4.93. The first-order valence-electron chi connectivity index (χ1n) is 14.8. The molecule has 2 heterocycles. The third kappa shape index (κ3) is 9.58. The number of carbonyl (C=O) groups excluding carboxylic acids is 1. The first kappa shape index (κ1) is 34.0. The average Bonchev–Trinajstić information content (AvgIpc) is 3.05. The first-order chi connectivity index (χ1) is 22.7. The number of halogens is 4. The lowest BCUT2D eigenvalue weighted by molar-refractivity contribution is -0.137. The third-order valence-corrected chi connectivity index (χ3v) is 7.38. The van der Waals surface area contributed by atoms with Crippen molar-refractivity contribution in [3.8, 4) is 23.1 Å². The molecule has 0 radical (unpaired) electrons. The van der Waals surface area contributed by atoms with Gasteiger partial charge in [0.05, 0.1) is 47.9 Å². The van der Waals surface area contributed by atoms with E-state index in [1.54, 1.807) is 43.5 Å². The molecule has 1 aliphatic heterocycles. The molecule has 1 aliphatic rings. The van der Waals surface area contributed by atoms with Crippen LogP contribution in [0.1, 0.15) is 12.0 Å². The second kappa shape index (κ2) is 16.0. The monoisotopic (exact) mass is 675 g/mol. The number of hydrogen-bond acceptors (Lipinski definition) is 9. The van der Waals surface area contributed by atoms with Gasteiger partial charge in [-0.3, -0.25) is 4.90 Å². The number of methoxy groups -OCH3 is 1. The Hall–Kier alpha value is -4.37. The quantitative estimate of drug-likeness (QED) is 0.147. The van der Waals surface area contributed by atoms with Crippen molar-refractivity contribution in [3.63, 3.8) is 0 Å². The number of ether oxygens (including phenoxy) is 5. The number of rotatable bonds is 13. The van der Waals surface area contributed by atoms with Crippen LogP contribution in [0.3, 0.4) is 0 Å². The molecule has 0 atom stereocenters. The summed E-state index contributed by atoms with van der Waals surface area (Å²) in [7, 11) is 1.59. The van der Waals surface area contributed by atoms with Gasteiger partial charge >= 0.3 is 12.2 Å². The summed E-state index contributed by atoms with van der Waals surface area (Å²) in [5.74, 6) is 1.72. The van der Waals surface area contributed by atoms with Crippen LogP contribution in [0.5, 0.6) is 23.1 Å². The van der Waals surface area contributed by atoms with Crippen LogP contribution in [0, 0.1) is 0 Å². The van der Waals surface area contributed by atoms with Crippen molar-refractivity contribution in [1.82, 2.24) is 14.9 Å². The molecule has 1 fully saturated rings. The van der Waals surface area contributed by atoms with Gasteiger partial charge in [-0.2, -0.15) is 13.2 Å². The van der Waals surface area contributed by atoms with Crippen molar-refractivity contribution in [3.05, 3.63) is 71.5 Å². The number of hydrogen-bond donors (Lipinski definition) is 2. The van der Waals surface area contributed by atoms with Crippen LogP contribution in [-0.2, 0) is 15.7 Å². The summed E-state index contributed by atoms with van der Waals surface area (Å²) in [5, 5.41) is 5.06. The number of anilines is 2. The van der Waals surface area contributed by atoms with Crippen molar-refractivity contribution < 1.29 is 41.7 Å². The number of urea groups is 1. The Morgan fingerprint density at radius 3 is 2.38 bits per heavy atom. The Morgan fingerprint density at radius 1 is 0.936 bits per heavy atom. The molecule has 0 unspecified atom stereocenters. The SMILES string of the molecule is COCCOc1cc2c(Oc3ccc(NC(=O)Nc4ccc(Cl)c(C(F)(F)F)c4)cc3)ncnc2cc1OCCCN1CCOCC1. The van der Waals surface area contributed by atoms with Gasteiger partial charge in [0.2, 0.25) is 5.88 Å². The van der Waals surface area contributed by atoms with E-state index in [0.29, 0.717) is 53.7 Å². The van der Waals surface area contributed by atoms with Gasteiger partial charge in [0.1, 0.15) is 18.7 Å². The standard InChI is InChI=1S/C32H33ClF3N5O6/c1-43-15-16-46-28-18-24-27(19-29(28)45-12-2-9-41-10-13-44-14-11-41)37-20-38-30(24)47-23-6-3-21(4-7-23)39-31(42)40-22-5-8-26(33)25(17-22)32(34,35)36/h3-8,17-20H,2,9-16H2,1H3,(H2,39,40,42). The molecule has 5 rings (SSSR count). The maximum absolute atomic E-state index is 13.2. The Bertz CT molecular complexity index is 1660. The van der Waals surface area contributed by atoms with E-state index in [1.807, 2.05) is 0 Å². The molecule has 250 valence electrons. The molecule has 4 aromatic rings. The summed E-state index contributed by atoms with van der Waals surface area (Å²) in [6, 6.07) is 12.3. The minimum absolute atomic E-state index is 0.0677. The Balaban J connectivity index is 1.24. The summed E-state index contributed by atoms with van der Waals surface area (Å²) >= 11 is 5.65. The second-order valence-corrected chi connectivity index (χ2v) is 10.8. The number of amides is 2. The normalized spacial score (nSPS) is 13.7. The topological polar surface area (TPSA) is 116 Å². The average molecular weight is 676 g/mol. The molecule has 0 spiro atoms. The lowest BCUT2D eigenvalue weighted by Crippen LogP contribution is -2.37. The zero-order valence-electron chi connectivity index (χ0n) is 25.4. The molecule has 0 aliphatic carbocycles. The molecule has 0 saturated carbocycles. The number of carbonyl (C=O) groups is 1. The Morgan fingerprint density at radius 2 is 1.64 bits per heavy atom. The number of aromatic nitrogens is 2. The molecule has 3 aromatic carbocycles. The van der Waals surface area contributed by atoms with Crippen molar-refractivity contribution in [2.45, 2.75) is 12.6 Å². The van der Waals surface area contributed by atoms with E-state index in [2.05, 4.69) is 25.5 Å². The molecule has 2 N–H and O–H groups in total. The highest BCUT2D eigenvalue weighted by atomic mass is 35.5. The predicted molar refractivity (Wildman–Crippen MR) is 170 cm³/mol. The van der Waals surface area contributed by atoms with Gasteiger partial charge in [0.25, 0.3) is 0 Å². The minimum Gasteiger partial charge on any atom is -0.490 e. The van der Waals surface area contributed by atoms with Gasteiger partial charge in [0, 0.05) is 44.2 Å². The highest BCUT2D eigenvalue weighted by Gasteiger charge is 2.33. The molecule has 1 aromatic heterocycles. The van der Waals surface area contributed by atoms with E-state index in [-0.39, 0.29) is 11.6 Å². The van der Waals surface area contributed by atoms with E-state index < -0.39 is 22.8 Å². The van der Waals surface area contributed by atoms with Crippen LogP contribution in [0.2, 0.25) is 5.02 Å². The maximum atomic E-state index is 13.2. The third-order valence-electron chi connectivity index (χ3n) is 7.05. The van der Waals surface area contributed by atoms with Crippen LogP contribution in [-0.4, -0.2) is 80.7 Å². The van der Waals surface area contributed by atoms with E-state index in [0.717, 1.165) is 51.4 Å². The zero-order valence-corrected chi connectivity index (χ0v) is 26.2. The van der Waals surface area contributed by atoms with E-state index in [1.165, 1.54) is 12.4 Å². The summed E-state index contributed by atoms with van der Waals surface area (Å²) in [6.07, 6.45) is -2.44. The largest absolute Gasteiger partial charge is 0.490 e. The fraction of sp³-hybridized carbons (Fsp3) is 0.344. The number of alkyl halides is 3. The predicted octanol–water partition coefficient (Wildman–Crippen LogP) is 6.86. The maximum Gasteiger partial charge on any atom is 0.417 e. The lowest BCUT2D eigenvalue weighted by atomic mass is 10.2. The van der Waals surface area contributed by atoms with E-state index >= 15 is 0 Å². The molecule has 0 bridgehead atoms. The lowest BCUT2D eigenvalue weighted by Gasteiger charge is -2.26. The van der Waals surface area contributed by atoms with Gasteiger partial charge < -0.3 is 34.3 Å². The Kier molecular flexibility index (Phi) is 11.5. The molecule has 47 heavy (non-hydrogen) atoms. The van der Waals surface area contributed by atoms with Crippen molar-refractivity contribution in [2.75, 3.05) is 70.4 Å². The number of fused-ring (bicyclic) bond motifs is 1. The molecule has 1 saturated heterocycles. The molecule has 11 nitrogen and oxygen atoms in total. The zero-order chi connectivity index (χ0) is 33.2. The van der Waals surface area contributed by atoms with Crippen LogP contribution in [0.15, 0.2) is 60.9 Å². The molecular formula is C32H33ClF3N5O6. The molecular weight excluding hydrogens is 643 g/mol.